The predicted octanol–water partition coefficient (Wildman–Crippen LogP) is 2.98. The maximum Gasteiger partial charge on any atom is 0.177 e. The van der Waals surface area contributed by atoms with Crippen molar-refractivity contribution in [1.82, 2.24) is 14.6 Å². The number of imidazole rings is 1. The molecule has 25 heavy (non-hydrogen) atoms. The number of allylic oxidation sites excluding steroid dienone is 2. The lowest BCUT2D eigenvalue weighted by molar-refractivity contribution is 0.396. The normalized spacial score (nSPS) is 26.6. The molecule has 1 unspecified atom stereocenters. The number of nitrogens with zero attached hydrogens (tertiary/aromatic N) is 3. The third-order valence-electron chi connectivity index (χ3n) is 5.52. The van der Waals surface area contributed by atoms with Gasteiger partial charge in [0.05, 0.1) is 11.7 Å². The van der Waals surface area contributed by atoms with Crippen LogP contribution in [0, 0.1) is 0 Å². The van der Waals surface area contributed by atoms with Gasteiger partial charge in [-0.05, 0) is 44.9 Å². The number of rotatable bonds is 3. The van der Waals surface area contributed by atoms with Gasteiger partial charge in [0, 0.05) is 24.0 Å². The lowest BCUT2D eigenvalue weighted by atomic mass is 9.81. The molecule has 6 heteroatoms. The molecule has 0 radical (unpaired) electrons. The van der Waals surface area contributed by atoms with E-state index in [2.05, 4.69) is 40.6 Å². The fourth-order valence-corrected chi connectivity index (χ4v) is 4.02. The Bertz CT molecular complexity index is 826. The minimum absolute atomic E-state index is 0.261. The van der Waals surface area contributed by atoms with Crippen LogP contribution in [0.3, 0.4) is 0 Å². The van der Waals surface area contributed by atoms with Crippen molar-refractivity contribution >= 4 is 17.2 Å². The second-order valence-electron chi connectivity index (χ2n) is 7.25. The zero-order chi connectivity index (χ0) is 17.4. The summed E-state index contributed by atoms with van der Waals surface area (Å²) in [5.41, 5.74) is 16.8. The van der Waals surface area contributed by atoms with E-state index in [4.69, 9.17) is 11.5 Å². The molecule has 1 fully saturated rings. The van der Waals surface area contributed by atoms with Crippen LogP contribution in [0.1, 0.15) is 50.5 Å². The lowest BCUT2D eigenvalue weighted by Crippen LogP contribution is -2.28. The van der Waals surface area contributed by atoms with Gasteiger partial charge in [0.2, 0.25) is 0 Å². The van der Waals surface area contributed by atoms with E-state index in [-0.39, 0.29) is 6.04 Å². The van der Waals surface area contributed by atoms with Gasteiger partial charge in [0.25, 0.3) is 0 Å². The molecule has 2 heterocycles. The number of aromatic nitrogens is 3. The largest absolute Gasteiger partial charge is 0.382 e. The van der Waals surface area contributed by atoms with E-state index in [1.165, 1.54) is 5.57 Å². The van der Waals surface area contributed by atoms with Gasteiger partial charge < -0.3 is 16.8 Å². The number of nitrogen functional groups attached to an aromatic ring is 1. The van der Waals surface area contributed by atoms with Gasteiger partial charge in [-0.25, -0.2) is 9.50 Å². The average Bonchev–Trinajstić information content (AvgIpc) is 3.06. The van der Waals surface area contributed by atoms with Crippen molar-refractivity contribution in [3.05, 3.63) is 41.8 Å². The van der Waals surface area contributed by atoms with E-state index in [1.54, 1.807) is 10.7 Å². The first-order chi connectivity index (χ1) is 12.1. The Hall–Kier alpha value is -2.34. The van der Waals surface area contributed by atoms with Crippen LogP contribution in [0.2, 0.25) is 0 Å². The quantitative estimate of drug-likeness (QED) is 0.800. The molecule has 0 spiro atoms. The van der Waals surface area contributed by atoms with Crippen molar-refractivity contribution in [3.63, 3.8) is 0 Å². The highest BCUT2D eigenvalue weighted by Gasteiger charge is 2.28. The minimum atomic E-state index is 0.261. The molecule has 1 saturated carbocycles. The lowest BCUT2D eigenvalue weighted by Gasteiger charge is -2.30. The Kier molecular flexibility index (Phi) is 4.21. The van der Waals surface area contributed by atoms with Crippen molar-refractivity contribution in [2.24, 2.45) is 5.73 Å². The van der Waals surface area contributed by atoms with Gasteiger partial charge >= 0.3 is 0 Å². The molecule has 0 aromatic carbocycles. The van der Waals surface area contributed by atoms with Crippen LogP contribution in [-0.4, -0.2) is 26.7 Å². The number of anilines is 2. The van der Waals surface area contributed by atoms with Crippen LogP contribution < -0.4 is 16.8 Å². The fourth-order valence-electron chi connectivity index (χ4n) is 4.02. The van der Waals surface area contributed by atoms with Crippen LogP contribution in [-0.2, 0) is 0 Å². The van der Waals surface area contributed by atoms with Crippen molar-refractivity contribution in [1.29, 1.82) is 0 Å². The first-order valence-electron chi connectivity index (χ1n) is 9.11. The molecule has 5 N–H and O–H groups in total. The predicted molar refractivity (Wildman–Crippen MR) is 102 cm³/mol. The summed E-state index contributed by atoms with van der Waals surface area (Å²) in [5.74, 6) is 0.987. The summed E-state index contributed by atoms with van der Waals surface area (Å²) in [6, 6.07) is 0.572. The zero-order valence-electron chi connectivity index (χ0n) is 14.7. The van der Waals surface area contributed by atoms with Gasteiger partial charge in [0.15, 0.2) is 5.65 Å². The number of fused-ring (bicyclic) bond motifs is 1. The Morgan fingerprint density at radius 2 is 2.04 bits per heavy atom. The molecule has 2 aliphatic rings. The number of nitrogens with one attached hydrogen (secondary N) is 1. The second kappa shape index (κ2) is 6.52. The van der Waals surface area contributed by atoms with Gasteiger partial charge in [-0.1, -0.05) is 23.8 Å². The topological polar surface area (TPSA) is 94.3 Å². The van der Waals surface area contributed by atoms with Crippen LogP contribution in [0.15, 0.2) is 36.2 Å². The highest BCUT2D eigenvalue weighted by Crippen LogP contribution is 2.40. The summed E-state index contributed by atoms with van der Waals surface area (Å²) in [5, 5.41) is 8.26. The van der Waals surface area contributed by atoms with Crippen molar-refractivity contribution in [2.75, 3.05) is 11.1 Å². The van der Waals surface area contributed by atoms with Gasteiger partial charge in [-0.3, -0.25) is 0 Å². The van der Waals surface area contributed by atoms with Crippen molar-refractivity contribution in [3.8, 4) is 0 Å². The molecule has 0 bridgehead atoms. The molecule has 0 amide bonds. The molecule has 2 aromatic heterocycles. The summed E-state index contributed by atoms with van der Waals surface area (Å²) >= 11 is 0. The summed E-state index contributed by atoms with van der Waals surface area (Å²) in [6.07, 6.45) is 15.2. The van der Waals surface area contributed by atoms with E-state index in [0.29, 0.717) is 17.8 Å². The third-order valence-corrected chi connectivity index (χ3v) is 5.52. The summed E-state index contributed by atoms with van der Waals surface area (Å²) < 4.78 is 1.77. The molecule has 2 aromatic rings. The van der Waals surface area contributed by atoms with Gasteiger partial charge in [0.1, 0.15) is 5.82 Å². The van der Waals surface area contributed by atoms with E-state index >= 15 is 0 Å². The molecule has 0 saturated heterocycles. The standard InChI is InChI=1S/C19H26N6/c1-12-4-2-3-5-15(12)23-17-16(13-6-8-14(20)9-7-13)18(21)24-25-11-10-22-19(17)25/h2-4,10-11,13-15,23H,5-9,20H2,1H3,(H2,21,24). The van der Waals surface area contributed by atoms with Crippen LogP contribution in [0.25, 0.3) is 5.65 Å². The summed E-state index contributed by atoms with van der Waals surface area (Å²) in [7, 11) is 0. The molecule has 1 atom stereocenters. The average molecular weight is 338 g/mol. The zero-order valence-corrected chi connectivity index (χ0v) is 14.7. The minimum Gasteiger partial charge on any atom is -0.382 e. The highest BCUT2D eigenvalue weighted by molar-refractivity contribution is 5.77. The maximum absolute atomic E-state index is 6.39. The Morgan fingerprint density at radius 1 is 1.24 bits per heavy atom. The first kappa shape index (κ1) is 16.1. The van der Waals surface area contributed by atoms with Crippen molar-refractivity contribution in [2.45, 2.75) is 57.0 Å². The molecular weight excluding hydrogens is 312 g/mol. The van der Waals surface area contributed by atoms with E-state index < -0.39 is 0 Å². The van der Waals surface area contributed by atoms with E-state index in [0.717, 1.165) is 49.0 Å². The number of nitrogens with two attached hydrogens (primary N) is 2. The van der Waals surface area contributed by atoms with Crippen LogP contribution >= 0.6 is 0 Å². The second-order valence-corrected chi connectivity index (χ2v) is 7.25. The molecule has 2 aliphatic carbocycles. The van der Waals surface area contributed by atoms with Gasteiger partial charge in [-0.15, -0.1) is 5.10 Å². The van der Waals surface area contributed by atoms with E-state index in [1.807, 2.05) is 6.20 Å². The van der Waals surface area contributed by atoms with Gasteiger partial charge in [-0.2, -0.15) is 0 Å². The Labute approximate surface area is 148 Å². The highest BCUT2D eigenvalue weighted by atomic mass is 15.3. The van der Waals surface area contributed by atoms with Crippen LogP contribution in [0.4, 0.5) is 11.5 Å². The molecule has 6 nitrogen and oxygen atoms in total. The number of hydrogen-bond acceptors (Lipinski definition) is 5. The molecular formula is C19H26N6. The molecule has 4 rings (SSSR count). The Morgan fingerprint density at radius 3 is 2.80 bits per heavy atom. The van der Waals surface area contributed by atoms with Crippen molar-refractivity contribution < 1.29 is 0 Å². The SMILES string of the molecule is CC1=CC=CCC1Nc1c(C2CCC(N)CC2)c(N)nn2ccnc12. The van der Waals surface area contributed by atoms with Crippen LogP contribution in [0.5, 0.6) is 0 Å². The fraction of sp³-hybridized carbons (Fsp3) is 0.474. The summed E-state index contributed by atoms with van der Waals surface area (Å²) in [6.45, 7) is 2.16. The first-order valence-corrected chi connectivity index (χ1v) is 9.11. The van der Waals surface area contributed by atoms with E-state index in [9.17, 15) is 0 Å². The molecule has 0 aliphatic heterocycles. The monoisotopic (exact) mass is 338 g/mol. The smallest absolute Gasteiger partial charge is 0.177 e. The molecule has 132 valence electrons. The Balaban J connectivity index is 1.77. The maximum atomic E-state index is 6.39. The summed E-state index contributed by atoms with van der Waals surface area (Å²) in [4.78, 5) is 4.54. The number of hydrogen-bond donors (Lipinski definition) is 3. The third kappa shape index (κ3) is 3.02.